The van der Waals surface area contributed by atoms with Crippen molar-refractivity contribution in [1.82, 2.24) is 0 Å². The van der Waals surface area contributed by atoms with Crippen LogP contribution in [0.4, 0.5) is 14.9 Å². The maximum atomic E-state index is 13.5. The second-order valence-corrected chi connectivity index (χ2v) is 3.58. The van der Waals surface area contributed by atoms with E-state index in [-0.39, 0.29) is 18.7 Å². The molecule has 1 heterocycles. The summed E-state index contributed by atoms with van der Waals surface area (Å²) in [7, 11) is 0. The van der Waals surface area contributed by atoms with Crippen LogP contribution in [0.15, 0.2) is 24.3 Å². The molecule has 0 aromatic heterocycles. The average molecular weight is 239 g/mol. The Bertz CT molecular complexity index is 463. The van der Waals surface area contributed by atoms with Gasteiger partial charge in [0, 0.05) is 6.42 Å². The lowest BCUT2D eigenvalue weighted by molar-refractivity contribution is -0.139. The van der Waals surface area contributed by atoms with E-state index >= 15 is 0 Å². The van der Waals surface area contributed by atoms with E-state index in [0.29, 0.717) is 0 Å². The molecule has 0 radical (unpaired) electrons. The van der Waals surface area contributed by atoms with E-state index in [1.54, 1.807) is 0 Å². The lowest BCUT2D eigenvalue weighted by atomic mass is 10.1. The third-order valence-corrected chi connectivity index (χ3v) is 2.52. The summed E-state index contributed by atoms with van der Waals surface area (Å²) in [6, 6.07) is 4.41. The third-order valence-electron chi connectivity index (χ3n) is 2.52. The SMILES string of the molecule is O=C(O)C1CCOC(=O)N1c1ccccc1F. The minimum atomic E-state index is -1.18. The van der Waals surface area contributed by atoms with Crippen LogP contribution in [0.2, 0.25) is 0 Å². The molecule has 1 saturated heterocycles. The highest BCUT2D eigenvalue weighted by atomic mass is 19.1. The first-order chi connectivity index (χ1) is 8.11. The molecular weight excluding hydrogens is 229 g/mol. The van der Waals surface area contributed by atoms with Crippen LogP contribution in [0.1, 0.15) is 6.42 Å². The molecule has 1 unspecified atom stereocenters. The van der Waals surface area contributed by atoms with Gasteiger partial charge in [0.15, 0.2) is 0 Å². The summed E-state index contributed by atoms with van der Waals surface area (Å²) in [4.78, 5) is 23.4. The summed E-state index contributed by atoms with van der Waals surface area (Å²) in [6.45, 7) is 0.0285. The zero-order chi connectivity index (χ0) is 12.4. The fourth-order valence-corrected chi connectivity index (χ4v) is 1.73. The van der Waals surface area contributed by atoms with Gasteiger partial charge in [-0.1, -0.05) is 12.1 Å². The number of carboxylic acids is 1. The lowest BCUT2D eigenvalue weighted by Gasteiger charge is -2.32. The van der Waals surface area contributed by atoms with E-state index in [4.69, 9.17) is 9.84 Å². The smallest absolute Gasteiger partial charge is 0.415 e. The average Bonchev–Trinajstić information content (AvgIpc) is 2.30. The van der Waals surface area contributed by atoms with Crippen molar-refractivity contribution in [2.24, 2.45) is 0 Å². The fourth-order valence-electron chi connectivity index (χ4n) is 1.73. The molecule has 1 amide bonds. The van der Waals surface area contributed by atoms with Crippen molar-refractivity contribution in [3.63, 3.8) is 0 Å². The molecular formula is C11H10FNO4. The van der Waals surface area contributed by atoms with Crippen LogP contribution in [-0.4, -0.2) is 29.8 Å². The van der Waals surface area contributed by atoms with E-state index in [1.165, 1.54) is 18.2 Å². The number of halogens is 1. The van der Waals surface area contributed by atoms with E-state index in [9.17, 15) is 14.0 Å². The molecule has 1 aromatic rings. The molecule has 5 nitrogen and oxygen atoms in total. The first kappa shape index (κ1) is 11.4. The van der Waals surface area contributed by atoms with Crippen LogP contribution < -0.4 is 4.90 Å². The number of rotatable bonds is 2. The van der Waals surface area contributed by atoms with Crippen LogP contribution in [0.3, 0.4) is 0 Å². The van der Waals surface area contributed by atoms with Crippen molar-refractivity contribution < 1.29 is 23.8 Å². The molecule has 2 rings (SSSR count). The van der Waals surface area contributed by atoms with Crippen LogP contribution in [0, 0.1) is 5.82 Å². The molecule has 1 aromatic carbocycles. The van der Waals surface area contributed by atoms with Crippen LogP contribution in [0.25, 0.3) is 0 Å². The number of carboxylic acid groups (broad SMARTS) is 1. The van der Waals surface area contributed by atoms with Crippen molar-refractivity contribution in [3.05, 3.63) is 30.1 Å². The third kappa shape index (κ3) is 2.06. The number of amides is 1. The molecule has 6 heteroatoms. The molecule has 1 aliphatic rings. The van der Waals surface area contributed by atoms with E-state index in [0.717, 1.165) is 11.0 Å². The van der Waals surface area contributed by atoms with E-state index < -0.39 is 23.9 Å². The Kier molecular flexibility index (Phi) is 2.95. The maximum absolute atomic E-state index is 13.5. The van der Waals surface area contributed by atoms with E-state index in [1.807, 2.05) is 0 Å². The van der Waals surface area contributed by atoms with Gasteiger partial charge in [0.05, 0.1) is 12.3 Å². The van der Waals surface area contributed by atoms with Gasteiger partial charge < -0.3 is 9.84 Å². The van der Waals surface area contributed by atoms with Gasteiger partial charge >= 0.3 is 12.1 Å². The molecule has 0 spiro atoms. The van der Waals surface area contributed by atoms with Gasteiger partial charge in [-0.15, -0.1) is 0 Å². The van der Waals surface area contributed by atoms with Crippen molar-refractivity contribution in [2.45, 2.75) is 12.5 Å². The standard InChI is InChI=1S/C11H10FNO4/c12-7-3-1-2-4-8(7)13-9(10(14)15)5-6-17-11(13)16/h1-4,9H,5-6H2,(H,14,15). The van der Waals surface area contributed by atoms with Crippen molar-refractivity contribution in [3.8, 4) is 0 Å². The Morgan fingerprint density at radius 3 is 2.82 bits per heavy atom. The second kappa shape index (κ2) is 4.40. The van der Waals surface area contributed by atoms with Crippen molar-refractivity contribution in [1.29, 1.82) is 0 Å². The summed E-state index contributed by atoms with van der Waals surface area (Å²) >= 11 is 0. The van der Waals surface area contributed by atoms with Crippen molar-refractivity contribution in [2.75, 3.05) is 11.5 Å². The monoisotopic (exact) mass is 239 g/mol. The van der Waals surface area contributed by atoms with Gasteiger partial charge in [-0.2, -0.15) is 0 Å². The summed E-state index contributed by atoms with van der Waals surface area (Å²) in [5.74, 6) is -1.83. The Morgan fingerprint density at radius 2 is 2.18 bits per heavy atom. The van der Waals surface area contributed by atoms with Crippen LogP contribution >= 0.6 is 0 Å². The van der Waals surface area contributed by atoms with E-state index in [2.05, 4.69) is 0 Å². The minimum absolute atomic E-state index is 0.0285. The summed E-state index contributed by atoms with van der Waals surface area (Å²) < 4.78 is 18.3. The molecule has 1 atom stereocenters. The van der Waals surface area contributed by atoms with Gasteiger partial charge in [0.1, 0.15) is 11.9 Å². The highest BCUT2D eigenvalue weighted by Gasteiger charge is 2.37. The minimum Gasteiger partial charge on any atom is -0.480 e. The second-order valence-electron chi connectivity index (χ2n) is 3.58. The number of cyclic esters (lactones) is 1. The first-order valence-electron chi connectivity index (χ1n) is 5.04. The van der Waals surface area contributed by atoms with Crippen LogP contribution in [-0.2, 0) is 9.53 Å². The Balaban J connectivity index is 2.42. The largest absolute Gasteiger partial charge is 0.480 e. The Morgan fingerprint density at radius 1 is 1.47 bits per heavy atom. The fraction of sp³-hybridized carbons (Fsp3) is 0.273. The molecule has 1 N–H and O–H groups in total. The number of hydrogen-bond acceptors (Lipinski definition) is 3. The first-order valence-corrected chi connectivity index (χ1v) is 5.04. The number of ether oxygens (including phenoxy) is 1. The lowest BCUT2D eigenvalue weighted by Crippen LogP contribution is -2.50. The molecule has 90 valence electrons. The molecule has 1 aliphatic heterocycles. The Labute approximate surface area is 96.4 Å². The number of hydrogen-bond donors (Lipinski definition) is 1. The highest BCUT2D eigenvalue weighted by molar-refractivity contribution is 5.96. The van der Waals surface area contributed by atoms with Gasteiger partial charge in [0.25, 0.3) is 0 Å². The topological polar surface area (TPSA) is 66.8 Å². The number of aliphatic carboxylic acids is 1. The van der Waals surface area contributed by atoms with Crippen molar-refractivity contribution >= 4 is 17.7 Å². The molecule has 1 fully saturated rings. The summed E-state index contributed by atoms with van der Waals surface area (Å²) in [6.07, 6.45) is -0.705. The number of nitrogens with zero attached hydrogens (tertiary/aromatic N) is 1. The maximum Gasteiger partial charge on any atom is 0.415 e. The van der Waals surface area contributed by atoms with Gasteiger partial charge in [-0.3, -0.25) is 4.90 Å². The molecule has 0 saturated carbocycles. The van der Waals surface area contributed by atoms with Gasteiger partial charge in [0.2, 0.25) is 0 Å². The Hall–Kier alpha value is -2.11. The summed E-state index contributed by atoms with van der Waals surface area (Å²) in [5.41, 5.74) is -0.0791. The molecule has 17 heavy (non-hydrogen) atoms. The quantitative estimate of drug-likeness (QED) is 0.851. The zero-order valence-electron chi connectivity index (χ0n) is 8.80. The molecule has 0 aliphatic carbocycles. The zero-order valence-corrected chi connectivity index (χ0v) is 8.80. The molecule has 0 bridgehead atoms. The van der Waals surface area contributed by atoms with Crippen LogP contribution in [0.5, 0.6) is 0 Å². The number of anilines is 1. The predicted octanol–water partition coefficient (Wildman–Crippen LogP) is 1.63. The van der Waals surface area contributed by atoms with Gasteiger partial charge in [-0.05, 0) is 12.1 Å². The number of carbonyl (C=O) groups excluding carboxylic acids is 1. The predicted molar refractivity (Wildman–Crippen MR) is 56.3 cm³/mol. The number of carbonyl (C=O) groups is 2. The summed E-state index contributed by atoms with van der Waals surface area (Å²) in [5, 5.41) is 9.01. The van der Waals surface area contributed by atoms with Gasteiger partial charge in [-0.25, -0.2) is 14.0 Å². The highest BCUT2D eigenvalue weighted by Crippen LogP contribution is 2.25. The number of para-hydroxylation sites is 1. The number of benzene rings is 1. The normalized spacial score (nSPS) is 19.9.